The average molecular weight is 505 g/mol. The van der Waals surface area contributed by atoms with Crippen molar-refractivity contribution in [3.8, 4) is 0 Å². The zero-order valence-corrected chi connectivity index (χ0v) is 23.2. The van der Waals surface area contributed by atoms with E-state index in [2.05, 4.69) is 0 Å². The molecule has 0 unspecified atom stereocenters. The van der Waals surface area contributed by atoms with Gasteiger partial charge in [-0.25, -0.2) is 0 Å². The van der Waals surface area contributed by atoms with Gasteiger partial charge in [-0.05, 0) is 12.8 Å². The fraction of sp³-hybridized carbons (Fsp3) is 0.964. The van der Waals surface area contributed by atoms with Crippen molar-refractivity contribution in [3.05, 3.63) is 0 Å². The lowest BCUT2D eigenvalue weighted by atomic mass is 10.0. The van der Waals surface area contributed by atoms with Gasteiger partial charge < -0.3 is 4.74 Å². The number of carbonyl (C=O) groups is 1. The van der Waals surface area contributed by atoms with Crippen molar-refractivity contribution >= 4 is 16.1 Å². The molecule has 0 saturated carbocycles. The fourth-order valence-corrected chi connectivity index (χ4v) is 5.06. The molecule has 0 atom stereocenters. The number of carbonyl (C=O) groups excluding carboxylic acids is 1. The summed E-state index contributed by atoms with van der Waals surface area (Å²) in [5.74, 6) is -0.251. The highest BCUT2D eigenvalue weighted by Gasteiger charge is 2.03. The third-order valence-corrected chi connectivity index (χ3v) is 7.41. The minimum Gasteiger partial charge on any atom is -0.466 e. The summed E-state index contributed by atoms with van der Waals surface area (Å²) in [6.45, 7) is 2.06. The van der Waals surface area contributed by atoms with Gasteiger partial charge in [-0.3, -0.25) is 9.35 Å². The monoisotopic (exact) mass is 504 g/mol. The van der Waals surface area contributed by atoms with E-state index in [1.165, 1.54) is 135 Å². The first-order valence-electron chi connectivity index (χ1n) is 14.5. The van der Waals surface area contributed by atoms with E-state index in [-0.39, 0.29) is 11.7 Å². The van der Waals surface area contributed by atoms with Crippen molar-refractivity contribution in [2.75, 3.05) is 12.4 Å². The molecule has 0 heterocycles. The number of hydrogen-bond acceptors (Lipinski definition) is 4. The predicted molar refractivity (Wildman–Crippen MR) is 144 cm³/mol. The molecule has 34 heavy (non-hydrogen) atoms. The molecule has 6 heteroatoms. The Morgan fingerprint density at radius 3 is 0.971 bits per heavy atom. The van der Waals surface area contributed by atoms with Crippen LogP contribution < -0.4 is 0 Å². The van der Waals surface area contributed by atoms with Crippen molar-refractivity contribution < 1.29 is 22.5 Å². The Balaban J connectivity index is 3.06. The third-order valence-electron chi connectivity index (χ3n) is 6.60. The first-order chi connectivity index (χ1) is 16.4. The van der Waals surface area contributed by atoms with Crippen LogP contribution in [0.25, 0.3) is 0 Å². The second-order valence-electron chi connectivity index (χ2n) is 10.1. The molecule has 0 spiro atoms. The molecule has 0 aliphatic carbocycles. The molecule has 0 saturated heterocycles. The Morgan fingerprint density at radius 1 is 0.500 bits per heavy atom. The summed E-state index contributed by atoms with van der Waals surface area (Å²) in [5.41, 5.74) is 0. The van der Waals surface area contributed by atoms with Gasteiger partial charge in [-0.1, -0.05) is 141 Å². The highest BCUT2D eigenvalue weighted by molar-refractivity contribution is 7.85. The maximum absolute atomic E-state index is 10.7. The number of unbranched alkanes of at least 4 members (excludes halogenated alkanes) is 23. The summed E-state index contributed by atoms with van der Waals surface area (Å²) in [5, 5.41) is 0. The Bertz CT molecular complexity index is 533. The lowest BCUT2D eigenvalue weighted by molar-refractivity contribution is -0.141. The molecule has 0 radical (unpaired) electrons. The lowest BCUT2D eigenvalue weighted by Crippen LogP contribution is -2.03. The van der Waals surface area contributed by atoms with E-state index >= 15 is 0 Å². The van der Waals surface area contributed by atoms with Crippen molar-refractivity contribution in [1.82, 2.24) is 0 Å². The molecule has 0 aromatic carbocycles. The predicted octanol–water partition coefficient (Wildman–Crippen LogP) is 8.80. The topological polar surface area (TPSA) is 80.7 Å². The highest BCUT2D eigenvalue weighted by atomic mass is 32.2. The van der Waals surface area contributed by atoms with E-state index in [0.717, 1.165) is 19.3 Å². The van der Waals surface area contributed by atoms with Crippen LogP contribution in [0.4, 0.5) is 0 Å². The zero-order valence-electron chi connectivity index (χ0n) is 22.4. The van der Waals surface area contributed by atoms with Gasteiger partial charge in [0.05, 0.1) is 12.4 Å². The number of rotatable bonds is 27. The maximum Gasteiger partial charge on any atom is 0.302 e. The number of hydrogen-bond donors (Lipinski definition) is 1. The highest BCUT2D eigenvalue weighted by Crippen LogP contribution is 2.15. The van der Waals surface area contributed by atoms with Crippen LogP contribution in [0, 0.1) is 0 Å². The third kappa shape index (κ3) is 31.4. The first kappa shape index (κ1) is 33.4. The van der Waals surface area contributed by atoms with Gasteiger partial charge in [0.2, 0.25) is 0 Å². The summed E-state index contributed by atoms with van der Waals surface area (Å²) in [6, 6.07) is 0. The summed E-state index contributed by atoms with van der Waals surface area (Å²) in [7, 11) is -3.76. The molecule has 0 aromatic rings. The Labute approximate surface area is 211 Å². The molecule has 1 N–H and O–H groups in total. The summed E-state index contributed by atoms with van der Waals surface area (Å²) < 4.78 is 34.9. The van der Waals surface area contributed by atoms with Crippen LogP contribution >= 0.6 is 0 Å². The molecule has 204 valence electrons. The van der Waals surface area contributed by atoms with Crippen LogP contribution in [-0.4, -0.2) is 31.3 Å². The molecule has 0 aromatic heterocycles. The molecular formula is C28H56O5S. The van der Waals surface area contributed by atoms with E-state index in [4.69, 9.17) is 9.29 Å². The quantitative estimate of drug-likeness (QED) is 0.0686. The Hall–Kier alpha value is -0.620. The largest absolute Gasteiger partial charge is 0.466 e. The van der Waals surface area contributed by atoms with E-state index in [9.17, 15) is 13.2 Å². The van der Waals surface area contributed by atoms with Crippen molar-refractivity contribution in [1.29, 1.82) is 0 Å². The minimum atomic E-state index is -3.76. The van der Waals surface area contributed by atoms with Gasteiger partial charge in [-0.15, -0.1) is 0 Å². The number of ether oxygens (including phenoxy) is 1. The van der Waals surface area contributed by atoms with Crippen molar-refractivity contribution in [2.24, 2.45) is 0 Å². The van der Waals surface area contributed by atoms with Crippen LogP contribution in [0.2, 0.25) is 0 Å². The molecule has 0 fully saturated rings. The van der Waals surface area contributed by atoms with Crippen LogP contribution in [0.15, 0.2) is 0 Å². The fourth-order valence-electron chi connectivity index (χ4n) is 4.49. The van der Waals surface area contributed by atoms with Crippen molar-refractivity contribution in [3.63, 3.8) is 0 Å². The molecule has 0 aliphatic heterocycles. The van der Waals surface area contributed by atoms with Crippen molar-refractivity contribution in [2.45, 2.75) is 161 Å². The van der Waals surface area contributed by atoms with E-state index in [1.807, 2.05) is 0 Å². The normalized spacial score (nSPS) is 11.7. The summed E-state index contributed by atoms with van der Waals surface area (Å²) >= 11 is 0. The van der Waals surface area contributed by atoms with Gasteiger partial charge in [0.1, 0.15) is 0 Å². The van der Waals surface area contributed by atoms with E-state index in [0.29, 0.717) is 13.0 Å². The van der Waals surface area contributed by atoms with Gasteiger partial charge in [0.25, 0.3) is 10.1 Å². The zero-order chi connectivity index (χ0) is 25.2. The van der Waals surface area contributed by atoms with Crippen LogP contribution in [0.5, 0.6) is 0 Å². The average Bonchev–Trinajstić information content (AvgIpc) is 2.77. The Morgan fingerprint density at radius 2 is 0.735 bits per heavy atom. The lowest BCUT2D eigenvalue weighted by Gasteiger charge is -2.04. The molecule has 0 rings (SSSR count). The van der Waals surface area contributed by atoms with Gasteiger partial charge in [-0.2, -0.15) is 8.42 Å². The van der Waals surface area contributed by atoms with Gasteiger partial charge in [0.15, 0.2) is 0 Å². The van der Waals surface area contributed by atoms with Gasteiger partial charge in [0, 0.05) is 6.92 Å². The van der Waals surface area contributed by atoms with Crippen LogP contribution in [0.1, 0.15) is 161 Å². The van der Waals surface area contributed by atoms with E-state index < -0.39 is 10.1 Å². The molecule has 5 nitrogen and oxygen atoms in total. The summed E-state index contributed by atoms with van der Waals surface area (Å²) in [4.78, 5) is 10.7. The number of esters is 1. The standard InChI is InChI=1S/C28H56O5S/c1-28(29)33-26-24-22-20-18-16-14-12-10-8-6-4-2-3-5-7-9-11-13-15-17-19-21-23-25-27-34(30,31)32/h2-27H2,1H3,(H,30,31,32). The SMILES string of the molecule is CC(=O)OCCCCCCCCCCCCCCCCCCCCCCCCCCS(=O)(=O)O. The molecular weight excluding hydrogens is 448 g/mol. The van der Waals surface area contributed by atoms with Crippen LogP contribution in [0.3, 0.4) is 0 Å². The minimum absolute atomic E-state index is 0.0865. The second kappa shape index (κ2) is 25.5. The van der Waals surface area contributed by atoms with Crippen LogP contribution in [-0.2, 0) is 19.6 Å². The Kier molecular flexibility index (Phi) is 25.0. The molecule has 0 aliphatic rings. The smallest absolute Gasteiger partial charge is 0.302 e. The second-order valence-corrected chi connectivity index (χ2v) is 11.7. The molecule has 0 bridgehead atoms. The summed E-state index contributed by atoms with van der Waals surface area (Å²) in [6.07, 6.45) is 30.5. The molecule has 0 amide bonds. The first-order valence-corrected chi connectivity index (χ1v) is 16.1. The van der Waals surface area contributed by atoms with Gasteiger partial charge >= 0.3 is 5.97 Å². The maximum atomic E-state index is 10.7. The van der Waals surface area contributed by atoms with E-state index in [1.54, 1.807) is 0 Å².